The number of carbonyl (C=O) groups excluding carboxylic acids is 2. The maximum Gasteiger partial charge on any atom is 0.338 e. The number of hydrogen-bond donors (Lipinski definition) is 1. The third-order valence-electron chi connectivity index (χ3n) is 3.20. The molecule has 2 aromatic rings. The van der Waals surface area contributed by atoms with Gasteiger partial charge < -0.3 is 19.5 Å². The summed E-state index contributed by atoms with van der Waals surface area (Å²) in [7, 11) is 1.46. The molecule has 0 heterocycles. The third-order valence-corrected chi connectivity index (χ3v) is 3.20. The molecule has 0 aliphatic rings. The third kappa shape index (κ3) is 5.47. The molecule has 2 rings (SSSR count). The molecule has 0 aliphatic carbocycles. The fourth-order valence-electron chi connectivity index (χ4n) is 2.12. The van der Waals surface area contributed by atoms with Crippen LogP contribution in [0.25, 0.3) is 0 Å². The van der Waals surface area contributed by atoms with Crippen molar-refractivity contribution < 1.29 is 28.2 Å². The molecule has 0 aliphatic heterocycles. The van der Waals surface area contributed by atoms with E-state index in [1.54, 1.807) is 6.07 Å². The molecule has 0 aromatic heterocycles. The van der Waals surface area contributed by atoms with Crippen molar-refractivity contribution in [3.8, 4) is 11.5 Å². The summed E-state index contributed by atoms with van der Waals surface area (Å²) in [5.74, 6) is -0.847. The van der Waals surface area contributed by atoms with Crippen LogP contribution in [-0.2, 0) is 9.53 Å². The van der Waals surface area contributed by atoms with Gasteiger partial charge in [0.25, 0.3) is 5.91 Å². The standard InChI is InChI=1S/C19H20FNO5/c1-12(2)26-16-8-7-13(9-17(16)24-3)19(23)25-11-18(22)21-15-6-4-5-14(20)10-15/h4-10,12H,11H2,1-3H3,(H,21,22). The van der Waals surface area contributed by atoms with E-state index < -0.39 is 24.3 Å². The summed E-state index contributed by atoms with van der Waals surface area (Å²) in [5, 5.41) is 2.44. The number of hydrogen-bond acceptors (Lipinski definition) is 5. The molecular weight excluding hydrogens is 341 g/mol. The molecule has 0 spiro atoms. The average molecular weight is 361 g/mol. The first-order valence-corrected chi connectivity index (χ1v) is 7.96. The van der Waals surface area contributed by atoms with Crippen LogP contribution < -0.4 is 14.8 Å². The lowest BCUT2D eigenvalue weighted by atomic mass is 10.2. The molecule has 0 unspecified atom stereocenters. The molecule has 0 fully saturated rings. The summed E-state index contributed by atoms with van der Waals surface area (Å²) in [6.07, 6.45) is -0.0479. The fraction of sp³-hybridized carbons (Fsp3) is 0.263. The Labute approximate surface area is 150 Å². The van der Waals surface area contributed by atoms with E-state index >= 15 is 0 Å². The quantitative estimate of drug-likeness (QED) is 0.765. The summed E-state index contributed by atoms with van der Waals surface area (Å²) in [4.78, 5) is 23.9. The van der Waals surface area contributed by atoms with E-state index in [4.69, 9.17) is 14.2 Å². The zero-order valence-electron chi connectivity index (χ0n) is 14.7. The van der Waals surface area contributed by atoms with Gasteiger partial charge in [-0.1, -0.05) is 6.07 Å². The summed E-state index contributed by atoms with van der Waals surface area (Å²) in [6.45, 7) is 3.25. The molecular formula is C19H20FNO5. The number of carbonyl (C=O) groups is 2. The first-order valence-electron chi connectivity index (χ1n) is 7.96. The molecule has 7 heteroatoms. The van der Waals surface area contributed by atoms with Crippen LogP contribution in [0, 0.1) is 5.82 Å². The highest BCUT2D eigenvalue weighted by molar-refractivity contribution is 5.95. The number of ether oxygens (including phenoxy) is 3. The Balaban J connectivity index is 1.95. The molecule has 0 saturated carbocycles. The van der Waals surface area contributed by atoms with Gasteiger partial charge in [0.15, 0.2) is 18.1 Å². The van der Waals surface area contributed by atoms with Crippen LogP contribution in [0.15, 0.2) is 42.5 Å². The van der Waals surface area contributed by atoms with Crippen molar-refractivity contribution in [3.05, 3.63) is 53.8 Å². The summed E-state index contributed by atoms with van der Waals surface area (Å²) < 4.78 is 28.8. The van der Waals surface area contributed by atoms with Gasteiger partial charge >= 0.3 is 5.97 Å². The van der Waals surface area contributed by atoms with Crippen molar-refractivity contribution >= 4 is 17.6 Å². The Morgan fingerprint density at radius 3 is 2.54 bits per heavy atom. The van der Waals surface area contributed by atoms with Crippen LogP contribution in [0.1, 0.15) is 24.2 Å². The van der Waals surface area contributed by atoms with E-state index in [1.165, 1.54) is 37.4 Å². The number of methoxy groups -OCH3 is 1. The predicted octanol–water partition coefficient (Wildman–Crippen LogP) is 3.42. The predicted molar refractivity (Wildman–Crippen MR) is 94.1 cm³/mol. The van der Waals surface area contributed by atoms with E-state index in [9.17, 15) is 14.0 Å². The van der Waals surface area contributed by atoms with Gasteiger partial charge in [-0.3, -0.25) is 4.79 Å². The minimum atomic E-state index is -0.686. The molecule has 1 N–H and O–H groups in total. The first-order chi connectivity index (χ1) is 12.4. The molecule has 138 valence electrons. The van der Waals surface area contributed by atoms with E-state index in [0.29, 0.717) is 11.5 Å². The Bertz CT molecular complexity index is 791. The molecule has 1 amide bonds. The highest BCUT2D eigenvalue weighted by Crippen LogP contribution is 2.29. The Kier molecular flexibility index (Phi) is 6.54. The van der Waals surface area contributed by atoms with Crippen molar-refractivity contribution in [1.82, 2.24) is 0 Å². The van der Waals surface area contributed by atoms with Crippen LogP contribution in [-0.4, -0.2) is 31.7 Å². The lowest BCUT2D eigenvalue weighted by molar-refractivity contribution is -0.119. The molecule has 2 aromatic carbocycles. The Morgan fingerprint density at radius 1 is 1.12 bits per heavy atom. The van der Waals surface area contributed by atoms with E-state index in [2.05, 4.69) is 5.32 Å². The van der Waals surface area contributed by atoms with Crippen molar-refractivity contribution in [2.45, 2.75) is 20.0 Å². The van der Waals surface area contributed by atoms with Crippen LogP contribution in [0.2, 0.25) is 0 Å². The molecule has 26 heavy (non-hydrogen) atoms. The first kappa shape index (κ1) is 19.2. The summed E-state index contributed by atoms with van der Waals surface area (Å²) in [6, 6.07) is 10.0. The maximum absolute atomic E-state index is 13.1. The lowest BCUT2D eigenvalue weighted by Gasteiger charge is -2.14. The van der Waals surface area contributed by atoms with Gasteiger partial charge in [-0.2, -0.15) is 0 Å². The van der Waals surface area contributed by atoms with Crippen LogP contribution >= 0.6 is 0 Å². The minimum Gasteiger partial charge on any atom is -0.493 e. The van der Waals surface area contributed by atoms with E-state index in [-0.39, 0.29) is 17.4 Å². The average Bonchev–Trinajstić information content (AvgIpc) is 2.59. The number of benzene rings is 2. The normalized spacial score (nSPS) is 10.3. The topological polar surface area (TPSA) is 73.9 Å². The molecule has 0 atom stereocenters. The van der Waals surface area contributed by atoms with E-state index in [1.807, 2.05) is 13.8 Å². The monoisotopic (exact) mass is 361 g/mol. The highest BCUT2D eigenvalue weighted by atomic mass is 19.1. The van der Waals surface area contributed by atoms with Gasteiger partial charge in [-0.15, -0.1) is 0 Å². The second-order valence-electron chi connectivity index (χ2n) is 5.67. The summed E-state index contributed by atoms with van der Waals surface area (Å²) >= 11 is 0. The second kappa shape index (κ2) is 8.84. The van der Waals surface area contributed by atoms with Gasteiger partial charge in [0, 0.05) is 5.69 Å². The molecule has 0 radical (unpaired) electrons. The molecule has 0 saturated heterocycles. The van der Waals surface area contributed by atoms with Gasteiger partial charge in [0.05, 0.1) is 18.8 Å². The number of esters is 1. The number of rotatable bonds is 7. The van der Waals surface area contributed by atoms with Crippen molar-refractivity contribution in [3.63, 3.8) is 0 Å². The largest absolute Gasteiger partial charge is 0.493 e. The van der Waals surface area contributed by atoms with Gasteiger partial charge in [0.1, 0.15) is 5.82 Å². The highest BCUT2D eigenvalue weighted by Gasteiger charge is 2.15. The number of nitrogens with one attached hydrogen (secondary N) is 1. The lowest BCUT2D eigenvalue weighted by Crippen LogP contribution is -2.21. The smallest absolute Gasteiger partial charge is 0.338 e. The van der Waals surface area contributed by atoms with Crippen molar-refractivity contribution in [2.24, 2.45) is 0 Å². The van der Waals surface area contributed by atoms with E-state index in [0.717, 1.165) is 6.07 Å². The van der Waals surface area contributed by atoms with Crippen LogP contribution in [0.4, 0.5) is 10.1 Å². The van der Waals surface area contributed by atoms with Crippen LogP contribution in [0.3, 0.4) is 0 Å². The summed E-state index contributed by atoms with van der Waals surface area (Å²) in [5.41, 5.74) is 0.499. The van der Waals surface area contributed by atoms with Gasteiger partial charge in [-0.05, 0) is 50.2 Å². The zero-order valence-corrected chi connectivity index (χ0v) is 14.7. The number of halogens is 1. The van der Waals surface area contributed by atoms with Gasteiger partial charge in [0.2, 0.25) is 0 Å². The van der Waals surface area contributed by atoms with Crippen molar-refractivity contribution in [2.75, 3.05) is 19.0 Å². The minimum absolute atomic E-state index is 0.0479. The Morgan fingerprint density at radius 2 is 1.88 bits per heavy atom. The maximum atomic E-state index is 13.1. The second-order valence-corrected chi connectivity index (χ2v) is 5.67. The molecule has 6 nitrogen and oxygen atoms in total. The van der Waals surface area contributed by atoms with Crippen molar-refractivity contribution in [1.29, 1.82) is 0 Å². The van der Waals surface area contributed by atoms with Crippen LogP contribution in [0.5, 0.6) is 11.5 Å². The fourth-order valence-corrected chi connectivity index (χ4v) is 2.12. The number of amides is 1. The zero-order chi connectivity index (χ0) is 19.1. The van der Waals surface area contributed by atoms with Gasteiger partial charge in [-0.25, -0.2) is 9.18 Å². The molecule has 0 bridgehead atoms. The SMILES string of the molecule is COc1cc(C(=O)OCC(=O)Nc2cccc(F)c2)ccc1OC(C)C. The Hall–Kier alpha value is -3.09. The number of anilines is 1.